The van der Waals surface area contributed by atoms with Crippen LogP contribution in [0.3, 0.4) is 0 Å². The van der Waals surface area contributed by atoms with Gasteiger partial charge in [0.25, 0.3) is 0 Å². The minimum absolute atomic E-state index is 0.128. The Morgan fingerprint density at radius 2 is 1.80 bits per heavy atom. The number of urea groups is 1. The lowest BCUT2D eigenvalue weighted by Crippen LogP contribution is -2.50. The van der Waals surface area contributed by atoms with Crippen molar-refractivity contribution >= 4 is 35.2 Å². The Hall–Kier alpha value is -3.96. The summed E-state index contributed by atoms with van der Waals surface area (Å²) in [6, 6.07) is 15.1. The predicted molar refractivity (Wildman–Crippen MR) is 186 cm³/mol. The van der Waals surface area contributed by atoms with Crippen molar-refractivity contribution in [2.45, 2.75) is 76.5 Å². The first-order valence-electron chi connectivity index (χ1n) is 15.8. The summed E-state index contributed by atoms with van der Waals surface area (Å²) in [7, 11) is 3.64. The zero-order valence-corrected chi connectivity index (χ0v) is 28.7. The third kappa shape index (κ3) is 6.76. The second-order valence-corrected chi connectivity index (χ2v) is 14.0. The molecule has 46 heavy (non-hydrogen) atoms. The van der Waals surface area contributed by atoms with E-state index in [2.05, 4.69) is 54.0 Å². The van der Waals surface area contributed by atoms with Crippen LogP contribution in [0.25, 0.3) is 0 Å². The number of carbonyl (C=O) groups is 1. The second kappa shape index (κ2) is 13.4. The van der Waals surface area contributed by atoms with Gasteiger partial charge >= 0.3 is 6.03 Å². The summed E-state index contributed by atoms with van der Waals surface area (Å²) in [6.07, 6.45) is 6.76. The fraction of sp³-hybridized carbons (Fsp3) is 0.457. The second-order valence-electron chi connectivity index (χ2n) is 13.4. The maximum atomic E-state index is 13.5. The summed E-state index contributed by atoms with van der Waals surface area (Å²) in [4.78, 5) is 15.7. The zero-order valence-electron chi connectivity index (χ0n) is 27.9. The number of nitrogens with zero attached hydrogens (tertiary/aromatic N) is 2. The zero-order chi connectivity index (χ0) is 33.2. The number of likely N-dealkylation sites (N-methyl/N-ethyl adjacent to an activating group) is 1. The number of hydrogen-bond acceptors (Lipinski definition) is 8. The van der Waals surface area contributed by atoms with Gasteiger partial charge in [0.2, 0.25) is 0 Å². The summed E-state index contributed by atoms with van der Waals surface area (Å²) in [5, 5.41) is 23.7. The Morgan fingerprint density at radius 3 is 2.46 bits per heavy atom. The largest absolute Gasteiger partial charge is 0.492 e. The van der Waals surface area contributed by atoms with Crippen molar-refractivity contribution in [3.8, 4) is 11.5 Å². The highest BCUT2D eigenvalue weighted by Crippen LogP contribution is 2.41. The van der Waals surface area contributed by atoms with E-state index in [0.717, 1.165) is 41.8 Å². The molecule has 1 aliphatic heterocycles. The molecule has 0 radical (unpaired) electrons. The summed E-state index contributed by atoms with van der Waals surface area (Å²) >= 11 is 1.47. The summed E-state index contributed by atoms with van der Waals surface area (Å²) < 4.78 is 17.2. The third-order valence-corrected chi connectivity index (χ3v) is 9.73. The molecule has 2 heterocycles. The van der Waals surface area contributed by atoms with Gasteiger partial charge in [-0.15, -0.1) is 0 Å². The molecule has 1 saturated heterocycles. The standard InChI is InChI=1S/C35H47N7O3S/c1-34(2,3)22-19-27(31(44-6)28(20-22)40-46-7)39-33(43)38-26-14-15-29(25-12-9-8-11-24(25)26)45-23-13-16-30(36)42(21-23)32(37)35(4)17-10-18-41(35)5/h8-9,11-13,16,19-21,26,29,36-37,40H,10,14-15,17-18H2,1-7H3,(H2,38,39,43)/t26?,29?,35-/m0/s1. The molecule has 2 aromatic carbocycles. The lowest BCUT2D eigenvalue weighted by Gasteiger charge is -2.34. The first kappa shape index (κ1) is 33.4. The van der Waals surface area contributed by atoms with Crippen molar-refractivity contribution in [2.24, 2.45) is 0 Å². The molecule has 1 aliphatic carbocycles. The number of amides is 2. The number of hydrogen-bond donors (Lipinski definition) is 5. The fourth-order valence-electron chi connectivity index (χ4n) is 6.46. The molecular weight excluding hydrogens is 598 g/mol. The predicted octanol–water partition coefficient (Wildman–Crippen LogP) is 7.05. The third-order valence-electron chi connectivity index (χ3n) is 9.31. The lowest BCUT2D eigenvalue weighted by atomic mass is 9.85. The first-order chi connectivity index (χ1) is 21.8. The Labute approximate surface area is 276 Å². The summed E-state index contributed by atoms with van der Waals surface area (Å²) in [5.74, 6) is 1.56. The van der Waals surface area contributed by atoms with E-state index in [0.29, 0.717) is 35.9 Å². The van der Waals surface area contributed by atoms with E-state index in [-0.39, 0.29) is 29.1 Å². The average Bonchev–Trinajstić information content (AvgIpc) is 3.37. The van der Waals surface area contributed by atoms with Crippen LogP contribution in [0, 0.1) is 10.8 Å². The van der Waals surface area contributed by atoms with Crippen molar-refractivity contribution in [3.05, 3.63) is 76.9 Å². The van der Waals surface area contributed by atoms with Crippen LogP contribution in [0.4, 0.5) is 16.2 Å². The van der Waals surface area contributed by atoms with Gasteiger partial charge in [0.05, 0.1) is 36.3 Å². The van der Waals surface area contributed by atoms with Crippen LogP contribution in [-0.2, 0) is 5.41 Å². The number of rotatable bonds is 8. The summed E-state index contributed by atoms with van der Waals surface area (Å²) in [5.41, 5.74) is 4.19. The molecule has 3 aromatic rings. The van der Waals surface area contributed by atoms with Crippen LogP contribution < -0.4 is 30.3 Å². The van der Waals surface area contributed by atoms with Crippen LogP contribution in [0.15, 0.2) is 54.7 Å². The number of nitrogens with one attached hydrogen (secondary N) is 5. The van der Waals surface area contributed by atoms with Gasteiger partial charge in [-0.2, -0.15) is 0 Å². The van der Waals surface area contributed by atoms with Gasteiger partial charge in [-0.3, -0.25) is 20.3 Å². The van der Waals surface area contributed by atoms with Gasteiger partial charge in [-0.05, 0) is 92.6 Å². The van der Waals surface area contributed by atoms with E-state index in [1.807, 2.05) is 43.6 Å². The maximum absolute atomic E-state index is 13.5. The smallest absolute Gasteiger partial charge is 0.319 e. The van der Waals surface area contributed by atoms with Crippen LogP contribution in [-0.4, -0.2) is 53.8 Å². The quantitative estimate of drug-likeness (QED) is 0.102. The number of likely N-dealkylation sites (tertiary alicyclic amines) is 1. The highest BCUT2D eigenvalue weighted by atomic mass is 32.2. The number of fused-ring (bicyclic) bond motifs is 1. The van der Waals surface area contributed by atoms with E-state index in [1.54, 1.807) is 30.0 Å². The molecule has 0 saturated carbocycles. The van der Waals surface area contributed by atoms with Crippen LogP contribution in [0.5, 0.6) is 11.5 Å². The number of carbonyl (C=O) groups excluding carboxylic acids is 1. The number of benzene rings is 2. The van der Waals surface area contributed by atoms with Crippen LogP contribution in [0.1, 0.15) is 82.2 Å². The summed E-state index contributed by atoms with van der Waals surface area (Å²) in [6.45, 7) is 9.41. The molecule has 5 rings (SSSR count). The molecular formula is C35H47N7O3S. The molecule has 246 valence electrons. The van der Waals surface area contributed by atoms with E-state index < -0.39 is 5.54 Å². The monoisotopic (exact) mass is 645 g/mol. The SMILES string of the molecule is COc1c(NSC)cc(C(C)(C)C)cc1NC(=O)NC1CCC(Oc2ccc(=N)n(C(=N)[C@]3(C)CCCN3C)c2)c2ccccc21. The van der Waals surface area contributed by atoms with E-state index in [9.17, 15) is 4.79 Å². The topological polar surface area (TPSA) is 127 Å². The molecule has 2 unspecified atom stereocenters. The van der Waals surface area contributed by atoms with E-state index >= 15 is 0 Å². The van der Waals surface area contributed by atoms with Crippen molar-refractivity contribution in [1.82, 2.24) is 14.8 Å². The molecule has 5 N–H and O–H groups in total. The Morgan fingerprint density at radius 1 is 1.09 bits per heavy atom. The number of aromatic nitrogens is 1. The highest BCUT2D eigenvalue weighted by molar-refractivity contribution is 7.99. The molecule has 10 nitrogen and oxygen atoms in total. The minimum Gasteiger partial charge on any atom is -0.492 e. The number of pyridine rings is 1. The van der Waals surface area contributed by atoms with Gasteiger partial charge in [0.1, 0.15) is 23.2 Å². The molecule has 1 aromatic heterocycles. The van der Waals surface area contributed by atoms with Gasteiger partial charge in [-0.1, -0.05) is 57.0 Å². The number of methoxy groups -OCH3 is 1. The first-order valence-corrected chi connectivity index (χ1v) is 17.0. The van der Waals surface area contributed by atoms with Gasteiger partial charge in [0, 0.05) is 6.26 Å². The Balaban J connectivity index is 1.34. The van der Waals surface area contributed by atoms with Crippen molar-refractivity contribution in [2.75, 3.05) is 37.0 Å². The van der Waals surface area contributed by atoms with Gasteiger partial charge in [0.15, 0.2) is 5.75 Å². The number of anilines is 2. The van der Waals surface area contributed by atoms with Gasteiger partial charge in [-0.25, -0.2) is 4.79 Å². The van der Waals surface area contributed by atoms with Gasteiger partial charge < -0.3 is 24.8 Å². The van der Waals surface area contributed by atoms with Crippen molar-refractivity contribution < 1.29 is 14.3 Å². The lowest BCUT2D eigenvalue weighted by molar-refractivity contribution is 0.171. The minimum atomic E-state index is -0.429. The Kier molecular flexibility index (Phi) is 9.74. The molecule has 2 aliphatic rings. The maximum Gasteiger partial charge on any atom is 0.319 e. The van der Waals surface area contributed by atoms with E-state index in [4.69, 9.17) is 20.3 Å². The molecule has 1 fully saturated rings. The fourth-order valence-corrected chi connectivity index (χ4v) is 6.83. The van der Waals surface area contributed by atoms with Crippen molar-refractivity contribution in [1.29, 1.82) is 10.8 Å². The molecule has 2 amide bonds. The Bertz CT molecular complexity index is 1670. The van der Waals surface area contributed by atoms with Crippen LogP contribution in [0.2, 0.25) is 0 Å². The highest BCUT2D eigenvalue weighted by Gasteiger charge is 2.39. The van der Waals surface area contributed by atoms with E-state index in [1.165, 1.54) is 11.9 Å². The molecule has 3 atom stereocenters. The average molecular weight is 646 g/mol. The molecule has 11 heteroatoms. The van der Waals surface area contributed by atoms with Crippen LogP contribution >= 0.6 is 11.9 Å². The molecule has 0 bridgehead atoms. The molecule has 0 spiro atoms. The van der Waals surface area contributed by atoms with Crippen molar-refractivity contribution in [3.63, 3.8) is 0 Å². The number of ether oxygens (including phenoxy) is 2. The normalized spacial score (nSPS) is 21.3.